The van der Waals surface area contributed by atoms with E-state index in [4.69, 9.17) is 5.11 Å². The van der Waals surface area contributed by atoms with Crippen LogP contribution in [0.4, 0.5) is 0 Å². The van der Waals surface area contributed by atoms with Crippen molar-refractivity contribution in [1.82, 2.24) is 10.2 Å². The first-order valence-electron chi connectivity index (χ1n) is 7.25. The summed E-state index contributed by atoms with van der Waals surface area (Å²) in [7, 11) is 0. The molecule has 3 nitrogen and oxygen atoms in total. The second-order valence-electron chi connectivity index (χ2n) is 5.65. The van der Waals surface area contributed by atoms with E-state index in [1.807, 2.05) is 0 Å². The lowest BCUT2D eigenvalue weighted by Gasteiger charge is -2.31. The van der Waals surface area contributed by atoms with Crippen LogP contribution in [-0.2, 0) is 0 Å². The Labute approximate surface area is 107 Å². The predicted molar refractivity (Wildman–Crippen MR) is 73.2 cm³/mol. The third kappa shape index (κ3) is 6.39. The molecular formula is C14H30N2O. The van der Waals surface area contributed by atoms with Gasteiger partial charge in [-0.05, 0) is 52.0 Å². The Bertz CT molecular complexity index is 193. The maximum atomic E-state index is 9.12. The smallest absolute Gasteiger partial charge is 0.0446 e. The largest absolute Gasteiger partial charge is 0.396 e. The van der Waals surface area contributed by atoms with Crippen LogP contribution in [0.1, 0.15) is 46.5 Å². The van der Waals surface area contributed by atoms with Gasteiger partial charge in [0, 0.05) is 31.8 Å². The molecule has 1 unspecified atom stereocenters. The third-order valence-corrected chi connectivity index (χ3v) is 3.54. The van der Waals surface area contributed by atoms with Gasteiger partial charge in [-0.1, -0.05) is 6.92 Å². The number of hydrogen-bond donors (Lipinski definition) is 2. The molecule has 1 aliphatic carbocycles. The molecule has 1 fully saturated rings. The van der Waals surface area contributed by atoms with E-state index in [0.29, 0.717) is 12.1 Å². The molecule has 3 heteroatoms. The fourth-order valence-corrected chi connectivity index (χ4v) is 2.17. The molecule has 1 rings (SSSR count). The Hall–Kier alpha value is -0.120. The van der Waals surface area contributed by atoms with Crippen LogP contribution < -0.4 is 5.32 Å². The first kappa shape index (κ1) is 14.9. The second kappa shape index (κ2) is 8.06. The molecule has 1 saturated carbocycles. The molecule has 1 aliphatic rings. The Morgan fingerprint density at radius 2 is 2.06 bits per heavy atom. The predicted octanol–water partition coefficient (Wildman–Crippen LogP) is 1.86. The van der Waals surface area contributed by atoms with Crippen LogP contribution in [0, 0.1) is 5.92 Å². The van der Waals surface area contributed by atoms with Gasteiger partial charge in [-0.15, -0.1) is 0 Å². The van der Waals surface area contributed by atoms with Crippen LogP contribution in [0.5, 0.6) is 0 Å². The number of hydrogen-bond acceptors (Lipinski definition) is 3. The average molecular weight is 242 g/mol. The van der Waals surface area contributed by atoms with Crippen LogP contribution in [0.2, 0.25) is 0 Å². The van der Waals surface area contributed by atoms with E-state index < -0.39 is 0 Å². The zero-order valence-corrected chi connectivity index (χ0v) is 11.8. The highest BCUT2D eigenvalue weighted by molar-refractivity contribution is 4.81. The van der Waals surface area contributed by atoms with Gasteiger partial charge in [0.15, 0.2) is 0 Å². The monoisotopic (exact) mass is 242 g/mol. The first-order chi connectivity index (χ1) is 8.17. The van der Waals surface area contributed by atoms with Gasteiger partial charge in [0.25, 0.3) is 0 Å². The molecule has 0 heterocycles. The highest BCUT2D eigenvalue weighted by Gasteiger charge is 2.26. The summed E-state index contributed by atoms with van der Waals surface area (Å²) in [5, 5.41) is 12.7. The van der Waals surface area contributed by atoms with Crippen LogP contribution in [0.3, 0.4) is 0 Å². The van der Waals surface area contributed by atoms with Crippen molar-refractivity contribution in [3.63, 3.8) is 0 Å². The van der Waals surface area contributed by atoms with Crippen molar-refractivity contribution in [2.24, 2.45) is 5.92 Å². The van der Waals surface area contributed by atoms with Gasteiger partial charge in [0.05, 0.1) is 0 Å². The minimum atomic E-state index is 0.288. The maximum Gasteiger partial charge on any atom is 0.0446 e. The summed E-state index contributed by atoms with van der Waals surface area (Å²) in [6.07, 6.45) is 4.85. The van der Waals surface area contributed by atoms with E-state index in [1.165, 1.54) is 19.4 Å². The van der Waals surface area contributed by atoms with Gasteiger partial charge in [-0.3, -0.25) is 4.90 Å². The number of aliphatic hydroxyl groups excluding tert-OH is 1. The number of nitrogens with zero attached hydrogens (tertiary/aromatic N) is 1. The molecule has 0 aromatic carbocycles. The molecule has 0 amide bonds. The van der Waals surface area contributed by atoms with Crippen LogP contribution in [-0.4, -0.2) is 48.3 Å². The molecule has 0 aromatic heterocycles. The van der Waals surface area contributed by atoms with Crippen molar-refractivity contribution >= 4 is 0 Å². The van der Waals surface area contributed by atoms with Crippen molar-refractivity contribution in [3.8, 4) is 0 Å². The van der Waals surface area contributed by atoms with Crippen molar-refractivity contribution in [2.45, 2.75) is 58.5 Å². The lowest BCUT2D eigenvalue weighted by Crippen LogP contribution is -2.45. The first-order valence-corrected chi connectivity index (χ1v) is 7.25. The number of nitrogens with one attached hydrogen (secondary N) is 1. The van der Waals surface area contributed by atoms with E-state index in [-0.39, 0.29) is 6.61 Å². The number of aliphatic hydroxyl groups is 1. The molecule has 0 bridgehead atoms. The van der Waals surface area contributed by atoms with E-state index in [1.54, 1.807) is 0 Å². The molecule has 17 heavy (non-hydrogen) atoms. The van der Waals surface area contributed by atoms with E-state index >= 15 is 0 Å². The third-order valence-electron chi connectivity index (χ3n) is 3.54. The SMILES string of the molecule is CCCNC(CCO)CN(CC1CC1)C(C)C. The van der Waals surface area contributed by atoms with Gasteiger partial charge in [-0.25, -0.2) is 0 Å². The van der Waals surface area contributed by atoms with E-state index in [9.17, 15) is 0 Å². The molecule has 1 atom stereocenters. The van der Waals surface area contributed by atoms with Gasteiger partial charge in [0.2, 0.25) is 0 Å². The van der Waals surface area contributed by atoms with Crippen molar-refractivity contribution < 1.29 is 5.11 Å². The van der Waals surface area contributed by atoms with Crippen LogP contribution in [0.15, 0.2) is 0 Å². The average Bonchev–Trinajstić information content (AvgIpc) is 3.08. The number of rotatable bonds is 10. The van der Waals surface area contributed by atoms with E-state index in [2.05, 4.69) is 31.0 Å². The van der Waals surface area contributed by atoms with Crippen LogP contribution in [0.25, 0.3) is 0 Å². The lowest BCUT2D eigenvalue weighted by molar-refractivity contribution is 0.171. The Balaban J connectivity index is 2.35. The summed E-state index contributed by atoms with van der Waals surface area (Å²) < 4.78 is 0. The Morgan fingerprint density at radius 3 is 2.53 bits per heavy atom. The van der Waals surface area contributed by atoms with Crippen molar-refractivity contribution in [1.29, 1.82) is 0 Å². The highest BCUT2D eigenvalue weighted by Crippen LogP contribution is 2.30. The van der Waals surface area contributed by atoms with E-state index in [0.717, 1.165) is 31.8 Å². The molecule has 0 saturated heterocycles. The Kier molecular flexibility index (Phi) is 7.09. The van der Waals surface area contributed by atoms with Crippen molar-refractivity contribution in [2.75, 3.05) is 26.2 Å². The maximum absolute atomic E-state index is 9.12. The van der Waals surface area contributed by atoms with Gasteiger partial charge in [-0.2, -0.15) is 0 Å². The van der Waals surface area contributed by atoms with Crippen molar-refractivity contribution in [3.05, 3.63) is 0 Å². The quantitative estimate of drug-likeness (QED) is 0.614. The van der Waals surface area contributed by atoms with Crippen LogP contribution >= 0.6 is 0 Å². The highest BCUT2D eigenvalue weighted by atomic mass is 16.3. The summed E-state index contributed by atoms with van der Waals surface area (Å²) in [5.74, 6) is 0.943. The van der Waals surface area contributed by atoms with Gasteiger partial charge >= 0.3 is 0 Å². The molecule has 102 valence electrons. The zero-order valence-electron chi connectivity index (χ0n) is 11.8. The fourth-order valence-electron chi connectivity index (χ4n) is 2.17. The summed E-state index contributed by atoms with van der Waals surface area (Å²) in [6, 6.07) is 1.06. The van der Waals surface area contributed by atoms with Gasteiger partial charge in [0.1, 0.15) is 0 Å². The summed E-state index contributed by atoms with van der Waals surface area (Å²) in [4.78, 5) is 2.57. The zero-order chi connectivity index (χ0) is 12.7. The summed E-state index contributed by atoms with van der Waals surface area (Å²) >= 11 is 0. The second-order valence-corrected chi connectivity index (χ2v) is 5.65. The Morgan fingerprint density at radius 1 is 1.35 bits per heavy atom. The normalized spacial score (nSPS) is 18.0. The molecule has 0 spiro atoms. The molecular weight excluding hydrogens is 212 g/mol. The topological polar surface area (TPSA) is 35.5 Å². The summed E-state index contributed by atoms with van der Waals surface area (Å²) in [6.45, 7) is 10.4. The minimum Gasteiger partial charge on any atom is -0.396 e. The molecule has 0 radical (unpaired) electrons. The summed E-state index contributed by atoms with van der Waals surface area (Å²) in [5.41, 5.74) is 0. The lowest BCUT2D eigenvalue weighted by atomic mass is 10.1. The fraction of sp³-hybridized carbons (Fsp3) is 1.00. The molecule has 2 N–H and O–H groups in total. The molecule has 0 aliphatic heterocycles. The van der Waals surface area contributed by atoms with Gasteiger partial charge < -0.3 is 10.4 Å². The standard InChI is InChI=1S/C14H30N2O/c1-4-8-15-14(7-9-17)11-16(12(2)3)10-13-5-6-13/h12-15,17H,4-11H2,1-3H3. The molecule has 0 aromatic rings. The minimum absolute atomic E-state index is 0.288.